The maximum atomic E-state index is 12.0. The molecule has 0 saturated heterocycles. The van der Waals surface area contributed by atoms with E-state index in [0.717, 1.165) is 0 Å². The third-order valence-electron chi connectivity index (χ3n) is 2.51. The molecule has 0 aliphatic rings. The van der Waals surface area contributed by atoms with Crippen molar-refractivity contribution in [3.05, 3.63) is 52.4 Å². The molecule has 2 aromatic rings. The van der Waals surface area contributed by atoms with Crippen LogP contribution in [-0.4, -0.2) is 18.0 Å². The molecule has 0 spiro atoms. The minimum Gasteiger partial charge on any atom is -0.494 e. The van der Waals surface area contributed by atoms with E-state index in [2.05, 4.69) is 10.3 Å². The highest BCUT2D eigenvalue weighted by atomic mass is 16.5. The number of hydrogen-bond donors (Lipinski definition) is 3. The van der Waals surface area contributed by atoms with Gasteiger partial charge < -0.3 is 20.8 Å². The highest BCUT2D eigenvalue weighted by Gasteiger charge is 2.10. The molecule has 0 atom stereocenters. The number of ether oxygens (including phenoxy) is 1. The predicted octanol–water partition coefficient (Wildman–Crippen LogP) is 1.22. The number of methoxy groups -OCH3 is 1. The van der Waals surface area contributed by atoms with Crippen molar-refractivity contribution < 1.29 is 9.53 Å². The molecule has 6 nitrogen and oxygen atoms in total. The molecule has 98 valence electrons. The fourth-order valence-corrected chi connectivity index (χ4v) is 1.59. The SMILES string of the molecule is COc1cc(N)ccc1NC(=O)c1cc[nH]c(=O)c1. The van der Waals surface area contributed by atoms with E-state index in [9.17, 15) is 9.59 Å². The first-order valence-electron chi connectivity index (χ1n) is 5.54. The number of nitrogen functional groups attached to an aromatic ring is 1. The number of nitrogens with two attached hydrogens (primary N) is 1. The minimum absolute atomic E-state index is 0.266. The van der Waals surface area contributed by atoms with Gasteiger partial charge in [-0.2, -0.15) is 0 Å². The molecule has 1 amide bonds. The minimum atomic E-state index is -0.394. The molecule has 6 heteroatoms. The van der Waals surface area contributed by atoms with Crippen LogP contribution in [0.2, 0.25) is 0 Å². The normalized spacial score (nSPS) is 9.95. The summed E-state index contributed by atoms with van der Waals surface area (Å²) >= 11 is 0. The Morgan fingerprint density at radius 2 is 2.11 bits per heavy atom. The average Bonchev–Trinajstić information content (AvgIpc) is 2.40. The van der Waals surface area contributed by atoms with Gasteiger partial charge in [-0.1, -0.05) is 0 Å². The van der Waals surface area contributed by atoms with E-state index in [-0.39, 0.29) is 11.1 Å². The molecule has 0 saturated carbocycles. The number of amides is 1. The Kier molecular flexibility index (Phi) is 3.51. The monoisotopic (exact) mass is 259 g/mol. The standard InChI is InChI=1S/C13H13N3O3/c1-19-11-7-9(14)2-3-10(11)16-13(18)8-4-5-15-12(17)6-8/h2-7H,14H2,1H3,(H,15,17)(H,16,18). The number of aromatic nitrogens is 1. The number of anilines is 2. The van der Waals surface area contributed by atoms with Gasteiger partial charge in [0, 0.05) is 29.6 Å². The van der Waals surface area contributed by atoms with E-state index < -0.39 is 5.91 Å². The lowest BCUT2D eigenvalue weighted by atomic mass is 10.2. The number of rotatable bonds is 3. The zero-order valence-electron chi connectivity index (χ0n) is 10.3. The Labute approximate surface area is 109 Å². The topological polar surface area (TPSA) is 97.2 Å². The highest BCUT2D eigenvalue weighted by Crippen LogP contribution is 2.26. The number of nitrogens with one attached hydrogen (secondary N) is 2. The fourth-order valence-electron chi connectivity index (χ4n) is 1.59. The number of benzene rings is 1. The summed E-state index contributed by atoms with van der Waals surface area (Å²) in [7, 11) is 1.48. The van der Waals surface area contributed by atoms with Gasteiger partial charge >= 0.3 is 0 Å². The van der Waals surface area contributed by atoms with E-state index in [1.165, 1.54) is 25.4 Å². The lowest BCUT2D eigenvalue weighted by Gasteiger charge is -2.10. The summed E-state index contributed by atoms with van der Waals surface area (Å²) in [6.45, 7) is 0. The summed E-state index contributed by atoms with van der Waals surface area (Å²) < 4.78 is 5.12. The van der Waals surface area contributed by atoms with E-state index in [1.54, 1.807) is 18.2 Å². The molecule has 0 radical (unpaired) electrons. The van der Waals surface area contributed by atoms with Crippen molar-refractivity contribution in [1.29, 1.82) is 0 Å². The van der Waals surface area contributed by atoms with Crippen LogP contribution in [0.15, 0.2) is 41.3 Å². The molecular weight excluding hydrogens is 246 g/mol. The fraction of sp³-hybridized carbons (Fsp3) is 0.0769. The first-order chi connectivity index (χ1) is 9.10. The zero-order chi connectivity index (χ0) is 13.8. The number of carbonyl (C=O) groups is 1. The van der Waals surface area contributed by atoms with Gasteiger partial charge in [0.1, 0.15) is 5.75 Å². The Hall–Kier alpha value is -2.76. The number of pyridine rings is 1. The number of aromatic amines is 1. The van der Waals surface area contributed by atoms with Crippen molar-refractivity contribution in [3.63, 3.8) is 0 Å². The molecule has 4 N–H and O–H groups in total. The van der Waals surface area contributed by atoms with E-state index in [1.807, 2.05) is 0 Å². The second kappa shape index (κ2) is 5.26. The van der Waals surface area contributed by atoms with Gasteiger partial charge in [0.15, 0.2) is 0 Å². The predicted molar refractivity (Wildman–Crippen MR) is 72.4 cm³/mol. The molecule has 0 aliphatic carbocycles. The molecule has 2 rings (SSSR count). The molecule has 0 fully saturated rings. The summed E-state index contributed by atoms with van der Waals surface area (Å²) in [5, 5.41) is 2.66. The van der Waals surface area contributed by atoms with Crippen LogP contribution in [0.1, 0.15) is 10.4 Å². The maximum absolute atomic E-state index is 12.0. The Bertz CT molecular complexity index is 664. The van der Waals surface area contributed by atoms with Gasteiger partial charge in [0.25, 0.3) is 5.91 Å². The van der Waals surface area contributed by atoms with Crippen LogP contribution < -0.4 is 21.3 Å². The Balaban J connectivity index is 2.26. The van der Waals surface area contributed by atoms with Crippen LogP contribution in [0.5, 0.6) is 5.75 Å². The molecule has 0 aliphatic heterocycles. The van der Waals surface area contributed by atoms with Crippen molar-refractivity contribution >= 4 is 17.3 Å². The number of hydrogen-bond acceptors (Lipinski definition) is 4. The van der Waals surface area contributed by atoms with Crippen molar-refractivity contribution in [2.24, 2.45) is 0 Å². The molecule has 1 aromatic carbocycles. The highest BCUT2D eigenvalue weighted by molar-refractivity contribution is 6.05. The van der Waals surface area contributed by atoms with Gasteiger partial charge in [0.05, 0.1) is 12.8 Å². The maximum Gasteiger partial charge on any atom is 0.256 e. The lowest BCUT2D eigenvalue weighted by molar-refractivity contribution is 0.102. The smallest absolute Gasteiger partial charge is 0.256 e. The lowest BCUT2D eigenvalue weighted by Crippen LogP contribution is -2.16. The van der Waals surface area contributed by atoms with Gasteiger partial charge in [0.2, 0.25) is 5.56 Å². The third-order valence-corrected chi connectivity index (χ3v) is 2.51. The summed E-state index contributed by atoms with van der Waals surface area (Å²) in [6, 6.07) is 7.63. The zero-order valence-corrected chi connectivity index (χ0v) is 10.3. The van der Waals surface area contributed by atoms with Crippen LogP contribution in [0, 0.1) is 0 Å². The summed E-state index contributed by atoms with van der Waals surface area (Å²) in [4.78, 5) is 25.6. The largest absolute Gasteiger partial charge is 0.494 e. The second-order valence-corrected chi connectivity index (χ2v) is 3.86. The summed E-state index contributed by atoms with van der Waals surface area (Å²) in [6.07, 6.45) is 1.41. The van der Waals surface area contributed by atoms with Gasteiger partial charge in [-0.05, 0) is 18.2 Å². The van der Waals surface area contributed by atoms with Crippen molar-refractivity contribution in [3.8, 4) is 5.75 Å². The average molecular weight is 259 g/mol. The Morgan fingerprint density at radius 3 is 2.79 bits per heavy atom. The number of H-pyrrole nitrogens is 1. The molecule has 0 unspecified atom stereocenters. The van der Waals surface area contributed by atoms with Crippen LogP contribution in [-0.2, 0) is 0 Å². The second-order valence-electron chi connectivity index (χ2n) is 3.86. The molecule has 0 bridgehead atoms. The third kappa shape index (κ3) is 2.92. The number of carbonyl (C=O) groups excluding carboxylic acids is 1. The van der Waals surface area contributed by atoms with Crippen LogP contribution in [0.3, 0.4) is 0 Å². The van der Waals surface area contributed by atoms with Crippen molar-refractivity contribution in [1.82, 2.24) is 4.98 Å². The Morgan fingerprint density at radius 1 is 1.32 bits per heavy atom. The van der Waals surface area contributed by atoms with E-state index in [0.29, 0.717) is 17.1 Å². The van der Waals surface area contributed by atoms with Crippen molar-refractivity contribution in [2.75, 3.05) is 18.2 Å². The van der Waals surface area contributed by atoms with Gasteiger partial charge in [-0.15, -0.1) is 0 Å². The molecular formula is C13H13N3O3. The molecule has 1 aromatic heterocycles. The van der Waals surface area contributed by atoms with Crippen LogP contribution in [0.4, 0.5) is 11.4 Å². The van der Waals surface area contributed by atoms with Gasteiger partial charge in [-0.3, -0.25) is 9.59 Å². The quantitative estimate of drug-likeness (QED) is 0.722. The van der Waals surface area contributed by atoms with Crippen LogP contribution >= 0.6 is 0 Å². The molecule has 1 heterocycles. The first-order valence-corrected chi connectivity index (χ1v) is 5.54. The van der Waals surface area contributed by atoms with E-state index in [4.69, 9.17) is 10.5 Å². The van der Waals surface area contributed by atoms with Crippen molar-refractivity contribution in [2.45, 2.75) is 0 Å². The van der Waals surface area contributed by atoms with Gasteiger partial charge in [-0.25, -0.2) is 0 Å². The summed E-state index contributed by atoms with van der Waals surface area (Å²) in [5.41, 5.74) is 6.58. The van der Waals surface area contributed by atoms with E-state index >= 15 is 0 Å². The molecule has 19 heavy (non-hydrogen) atoms. The first kappa shape index (κ1) is 12.7. The summed E-state index contributed by atoms with van der Waals surface area (Å²) in [5.74, 6) is 0.0624. The van der Waals surface area contributed by atoms with Crippen LogP contribution in [0.25, 0.3) is 0 Å².